The van der Waals surface area contributed by atoms with Crippen LogP contribution in [0.1, 0.15) is 33.6 Å². The Hall–Kier alpha value is -2.31. The first-order chi connectivity index (χ1) is 10.9. The van der Waals surface area contributed by atoms with Gasteiger partial charge in [0.2, 0.25) is 5.95 Å². The van der Waals surface area contributed by atoms with Crippen LogP contribution in [-0.4, -0.2) is 45.8 Å². The Morgan fingerprint density at radius 2 is 2.35 bits per heavy atom. The summed E-state index contributed by atoms with van der Waals surface area (Å²) in [6.07, 6.45) is 3.44. The summed E-state index contributed by atoms with van der Waals surface area (Å²) in [6.45, 7) is 7.03. The fraction of sp³-hybridized carbons (Fsp3) is 0.562. The third-order valence-corrected chi connectivity index (χ3v) is 3.78. The number of fused-ring (bicyclic) bond motifs is 1. The molecule has 3 heterocycles. The third kappa shape index (κ3) is 3.72. The molecule has 1 aliphatic rings. The van der Waals surface area contributed by atoms with Crippen LogP contribution in [0, 0.1) is 0 Å². The van der Waals surface area contributed by atoms with Gasteiger partial charge in [0.05, 0.1) is 5.52 Å². The number of H-pyrrole nitrogens is 1. The van der Waals surface area contributed by atoms with Crippen molar-refractivity contribution in [2.24, 2.45) is 0 Å². The lowest BCUT2D eigenvalue weighted by Gasteiger charge is -2.25. The van der Waals surface area contributed by atoms with Crippen molar-refractivity contribution in [1.82, 2.24) is 20.3 Å². The van der Waals surface area contributed by atoms with Crippen molar-refractivity contribution in [1.29, 1.82) is 0 Å². The highest BCUT2D eigenvalue weighted by atomic mass is 16.6. The monoisotopic (exact) mass is 317 g/mol. The number of anilines is 1. The Morgan fingerprint density at radius 3 is 3.09 bits per heavy atom. The molecule has 0 aromatic carbocycles. The van der Waals surface area contributed by atoms with Gasteiger partial charge in [0.25, 0.3) is 0 Å². The molecule has 0 spiro atoms. The Bertz CT molecular complexity index is 658. The molecule has 0 radical (unpaired) electrons. The van der Waals surface area contributed by atoms with Crippen molar-refractivity contribution >= 4 is 23.2 Å². The molecule has 1 atom stereocenters. The topological polar surface area (TPSA) is 83.1 Å². The van der Waals surface area contributed by atoms with Gasteiger partial charge in [0.1, 0.15) is 5.60 Å². The minimum Gasteiger partial charge on any atom is -0.444 e. The molecule has 7 heteroatoms. The van der Waals surface area contributed by atoms with Crippen LogP contribution in [0.5, 0.6) is 0 Å². The molecule has 0 aliphatic carbocycles. The lowest BCUT2D eigenvalue weighted by Crippen LogP contribution is -2.42. The van der Waals surface area contributed by atoms with Crippen molar-refractivity contribution in [2.75, 3.05) is 18.0 Å². The van der Waals surface area contributed by atoms with Gasteiger partial charge < -0.3 is 19.9 Å². The average molecular weight is 317 g/mol. The lowest BCUT2D eigenvalue weighted by atomic mass is 10.2. The Balaban J connectivity index is 1.65. The minimum absolute atomic E-state index is 0.211. The van der Waals surface area contributed by atoms with Crippen LogP contribution in [0.3, 0.4) is 0 Å². The molecule has 2 N–H and O–H groups in total. The molecule has 124 valence electrons. The van der Waals surface area contributed by atoms with Crippen LogP contribution in [0.2, 0.25) is 0 Å². The largest absolute Gasteiger partial charge is 0.444 e. The van der Waals surface area contributed by atoms with E-state index >= 15 is 0 Å². The van der Waals surface area contributed by atoms with Crippen molar-refractivity contribution in [3.8, 4) is 0 Å². The molecule has 23 heavy (non-hydrogen) atoms. The highest BCUT2D eigenvalue weighted by Gasteiger charge is 2.28. The van der Waals surface area contributed by atoms with Crippen molar-refractivity contribution < 1.29 is 9.53 Å². The van der Waals surface area contributed by atoms with E-state index in [0.717, 1.165) is 30.9 Å². The van der Waals surface area contributed by atoms with E-state index in [0.29, 0.717) is 12.2 Å². The average Bonchev–Trinajstić information content (AvgIpc) is 3.09. The van der Waals surface area contributed by atoms with E-state index in [9.17, 15) is 4.79 Å². The van der Waals surface area contributed by atoms with Crippen LogP contribution < -0.4 is 10.2 Å². The number of amides is 1. The number of aromatic amines is 1. The Labute approximate surface area is 135 Å². The maximum atomic E-state index is 11.8. The van der Waals surface area contributed by atoms with E-state index in [1.807, 2.05) is 32.9 Å². The van der Waals surface area contributed by atoms with Crippen LogP contribution in [0.25, 0.3) is 11.2 Å². The number of nitrogens with zero attached hydrogens (tertiary/aromatic N) is 3. The van der Waals surface area contributed by atoms with Crippen LogP contribution in [0.4, 0.5) is 10.7 Å². The third-order valence-electron chi connectivity index (χ3n) is 3.78. The lowest BCUT2D eigenvalue weighted by molar-refractivity contribution is 0.0525. The summed E-state index contributed by atoms with van der Waals surface area (Å²) < 4.78 is 5.28. The second-order valence-corrected chi connectivity index (χ2v) is 6.81. The predicted octanol–water partition coefficient (Wildman–Crippen LogP) is 2.45. The molecule has 1 saturated heterocycles. The zero-order valence-electron chi connectivity index (χ0n) is 13.8. The van der Waals surface area contributed by atoms with Gasteiger partial charge >= 0.3 is 6.09 Å². The van der Waals surface area contributed by atoms with Crippen LogP contribution in [-0.2, 0) is 4.74 Å². The number of aromatic nitrogens is 3. The standard InChI is InChI=1S/C16H23N5O2/c1-16(2,3)23-15(22)18-10-11-6-5-9-21(11)14-19-12-7-4-8-17-13(12)20-14/h4,7-8,11H,5-6,9-10H2,1-3H3,(H,18,22)(H,17,19,20)/t11-/m0/s1. The highest BCUT2D eigenvalue weighted by Crippen LogP contribution is 2.24. The fourth-order valence-electron chi connectivity index (χ4n) is 2.81. The molecule has 7 nitrogen and oxygen atoms in total. The van der Waals surface area contributed by atoms with Gasteiger partial charge in [0, 0.05) is 25.3 Å². The number of hydrogen-bond acceptors (Lipinski definition) is 5. The van der Waals surface area contributed by atoms with E-state index in [4.69, 9.17) is 4.74 Å². The summed E-state index contributed by atoms with van der Waals surface area (Å²) in [5.41, 5.74) is 1.16. The normalized spacial score (nSPS) is 18.4. The zero-order valence-corrected chi connectivity index (χ0v) is 13.8. The second-order valence-electron chi connectivity index (χ2n) is 6.81. The molecular formula is C16H23N5O2. The van der Waals surface area contributed by atoms with Crippen molar-refractivity contribution in [2.45, 2.75) is 45.3 Å². The maximum Gasteiger partial charge on any atom is 0.407 e. The fourth-order valence-corrected chi connectivity index (χ4v) is 2.81. The van der Waals surface area contributed by atoms with E-state index in [-0.39, 0.29) is 12.1 Å². The summed E-state index contributed by atoms with van der Waals surface area (Å²) >= 11 is 0. The van der Waals surface area contributed by atoms with Gasteiger partial charge in [-0.25, -0.2) is 9.78 Å². The van der Waals surface area contributed by atoms with E-state index in [2.05, 4.69) is 25.2 Å². The van der Waals surface area contributed by atoms with Crippen molar-refractivity contribution in [3.05, 3.63) is 18.3 Å². The van der Waals surface area contributed by atoms with Gasteiger partial charge in [-0.15, -0.1) is 0 Å². The molecule has 0 bridgehead atoms. The molecule has 2 aromatic heterocycles. The van der Waals surface area contributed by atoms with Gasteiger partial charge in [-0.05, 0) is 45.7 Å². The van der Waals surface area contributed by atoms with E-state index in [1.165, 1.54) is 0 Å². The molecule has 1 aliphatic heterocycles. The molecular weight excluding hydrogens is 294 g/mol. The SMILES string of the molecule is CC(C)(C)OC(=O)NC[C@@H]1CCCN1c1nc2ncccc2[nH]1. The second kappa shape index (κ2) is 6.06. The molecule has 0 saturated carbocycles. The first-order valence-corrected chi connectivity index (χ1v) is 7.96. The zero-order chi connectivity index (χ0) is 16.4. The summed E-state index contributed by atoms with van der Waals surface area (Å²) in [7, 11) is 0. The number of nitrogens with one attached hydrogen (secondary N) is 2. The van der Waals surface area contributed by atoms with E-state index < -0.39 is 5.60 Å². The number of pyridine rings is 1. The maximum absolute atomic E-state index is 11.8. The van der Waals surface area contributed by atoms with Crippen LogP contribution >= 0.6 is 0 Å². The quantitative estimate of drug-likeness (QED) is 0.908. The first kappa shape index (κ1) is 15.6. The molecule has 3 rings (SSSR count). The molecule has 2 aromatic rings. The summed E-state index contributed by atoms with van der Waals surface area (Å²) in [5, 5.41) is 2.85. The molecule has 1 amide bonds. The number of alkyl carbamates (subject to hydrolysis) is 1. The summed E-state index contributed by atoms with van der Waals surface area (Å²) in [5.74, 6) is 0.812. The smallest absolute Gasteiger partial charge is 0.407 e. The number of carbonyl (C=O) groups is 1. The number of imidazole rings is 1. The Kier molecular flexibility index (Phi) is 4.11. The van der Waals surface area contributed by atoms with E-state index in [1.54, 1.807) is 6.20 Å². The summed E-state index contributed by atoms with van der Waals surface area (Å²) in [6, 6.07) is 4.06. The predicted molar refractivity (Wildman–Crippen MR) is 88.5 cm³/mol. The number of carbonyl (C=O) groups excluding carboxylic acids is 1. The van der Waals surface area contributed by atoms with Crippen molar-refractivity contribution in [3.63, 3.8) is 0 Å². The molecule has 0 unspecified atom stereocenters. The highest BCUT2D eigenvalue weighted by molar-refractivity contribution is 5.73. The van der Waals surface area contributed by atoms with Gasteiger partial charge in [-0.2, -0.15) is 4.98 Å². The van der Waals surface area contributed by atoms with Gasteiger partial charge in [-0.3, -0.25) is 0 Å². The van der Waals surface area contributed by atoms with Crippen LogP contribution in [0.15, 0.2) is 18.3 Å². The number of hydrogen-bond donors (Lipinski definition) is 2. The number of ether oxygens (including phenoxy) is 1. The number of rotatable bonds is 3. The summed E-state index contributed by atoms with van der Waals surface area (Å²) in [4.78, 5) is 26.1. The van der Waals surface area contributed by atoms with Gasteiger partial charge in [0.15, 0.2) is 5.65 Å². The molecule has 1 fully saturated rings. The first-order valence-electron chi connectivity index (χ1n) is 7.96. The Morgan fingerprint density at radius 1 is 1.52 bits per heavy atom. The van der Waals surface area contributed by atoms with Gasteiger partial charge in [-0.1, -0.05) is 0 Å². The minimum atomic E-state index is -0.482.